The molecule has 36 heavy (non-hydrogen) atoms. The molecule has 2 aromatic carbocycles. The number of aryl methyl sites for hydroxylation is 2. The second kappa shape index (κ2) is 13.1. The summed E-state index contributed by atoms with van der Waals surface area (Å²) in [6.45, 7) is 9.42. The predicted octanol–water partition coefficient (Wildman–Crippen LogP) is 5.29. The summed E-state index contributed by atoms with van der Waals surface area (Å²) < 4.78 is 11.9. The van der Waals surface area contributed by atoms with Crippen molar-refractivity contribution in [1.82, 2.24) is 9.80 Å². The number of nitrogens with one attached hydrogen (secondary N) is 1. The Labute approximate surface area is 217 Å². The average molecular weight is 494 g/mol. The lowest BCUT2D eigenvalue weighted by Gasteiger charge is -2.23. The van der Waals surface area contributed by atoms with Crippen molar-refractivity contribution in [2.75, 3.05) is 45.2 Å². The molecule has 1 aliphatic carbocycles. The number of amides is 1. The molecule has 0 spiro atoms. The fraction of sp³-hybridized carbons (Fsp3) is 0.567. The van der Waals surface area contributed by atoms with Crippen LogP contribution in [0.25, 0.3) is 0 Å². The topological polar surface area (TPSA) is 54.0 Å². The van der Waals surface area contributed by atoms with Crippen LogP contribution in [0.1, 0.15) is 62.6 Å². The first kappa shape index (κ1) is 26.5. The summed E-state index contributed by atoms with van der Waals surface area (Å²) in [5, 5.41) is 3.23. The zero-order valence-electron chi connectivity index (χ0n) is 22.4. The maximum absolute atomic E-state index is 12.9. The molecule has 0 aromatic heterocycles. The van der Waals surface area contributed by atoms with Gasteiger partial charge in [0.25, 0.3) is 0 Å². The highest BCUT2D eigenvalue weighted by molar-refractivity contribution is 5.93. The van der Waals surface area contributed by atoms with Gasteiger partial charge >= 0.3 is 0 Å². The molecule has 196 valence electrons. The Morgan fingerprint density at radius 2 is 1.61 bits per heavy atom. The van der Waals surface area contributed by atoms with Crippen LogP contribution in [0, 0.1) is 0 Å². The lowest BCUT2D eigenvalue weighted by atomic mass is 10.0. The van der Waals surface area contributed by atoms with E-state index < -0.39 is 0 Å². The Morgan fingerprint density at radius 1 is 0.917 bits per heavy atom. The molecule has 0 atom stereocenters. The first-order valence-electron chi connectivity index (χ1n) is 13.8. The maximum atomic E-state index is 12.9. The third-order valence-electron chi connectivity index (χ3n) is 7.54. The van der Waals surface area contributed by atoms with Gasteiger partial charge in [0, 0.05) is 25.3 Å². The minimum atomic E-state index is 0.0860. The maximum Gasteiger partial charge on any atom is 0.238 e. The number of hydrogen-bond acceptors (Lipinski definition) is 5. The minimum Gasteiger partial charge on any atom is -0.493 e. The van der Waals surface area contributed by atoms with Gasteiger partial charge in [-0.05, 0) is 86.9 Å². The van der Waals surface area contributed by atoms with Crippen LogP contribution in [-0.4, -0.2) is 61.6 Å². The molecule has 6 nitrogen and oxygen atoms in total. The van der Waals surface area contributed by atoms with E-state index in [1.807, 2.05) is 6.07 Å². The van der Waals surface area contributed by atoms with E-state index >= 15 is 0 Å². The van der Waals surface area contributed by atoms with Gasteiger partial charge in [-0.1, -0.05) is 38.1 Å². The molecule has 0 bridgehead atoms. The number of rotatable bonds is 10. The van der Waals surface area contributed by atoms with Gasteiger partial charge in [0.15, 0.2) is 11.5 Å². The molecule has 1 amide bonds. The molecule has 4 rings (SSSR count). The predicted molar refractivity (Wildman–Crippen MR) is 146 cm³/mol. The highest BCUT2D eigenvalue weighted by Crippen LogP contribution is 2.33. The van der Waals surface area contributed by atoms with Gasteiger partial charge in [0.2, 0.25) is 5.91 Å². The Morgan fingerprint density at radius 3 is 2.31 bits per heavy atom. The Balaban J connectivity index is 1.31. The van der Waals surface area contributed by atoms with Gasteiger partial charge in [0.05, 0.1) is 19.8 Å². The van der Waals surface area contributed by atoms with E-state index in [0.29, 0.717) is 12.6 Å². The monoisotopic (exact) mass is 493 g/mol. The SMILES string of the molecule is CCc1cccc(CC)c1NC(=O)CN1CCCN(Cc2ccc(OC)c(OC3CCCC3)c2)CC1. The standard InChI is InChI=1S/C30H43N3O3/c1-4-24-10-8-11-25(5-2)30(24)31-29(34)22-33-17-9-16-32(18-19-33)21-23-14-15-27(35-3)28(20-23)36-26-12-6-7-13-26/h8,10-11,14-15,20,26H,4-7,9,12-13,16-19,21-22H2,1-3H3,(H,31,34). The summed E-state index contributed by atoms with van der Waals surface area (Å²) in [5.74, 6) is 1.77. The lowest BCUT2D eigenvalue weighted by molar-refractivity contribution is -0.117. The summed E-state index contributed by atoms with van der Waals surface area (Å²) >= 11 is 0. The first-order valence-corrected chi connectivity index (χ1v) is 13.8. The molecule has 1 N–H and O–H groups in total. The van der Waals surface area contributed by atoms with Gasteiger partial charge in [-0.2, -0.15) is 0 Å². The van der Waals surface area contributed by atoms with E-state index in [4.69, 9.17) is 9.47 Å². The minimum absolute atomic E-state index is 0.0860. The summed E-state index contributed by atoms with van der Waals surface area (Å²) in [6, 6.07) is 12.6. The van der Waals surface area contributed by atoms with Crippen LogP contribution in [0.4, 0.5) is 5.69 Å². The highest BCUT2D eigenvalue weighted by atomic mass is 16.5. The number of benzene rings is 2. The molecule has 0 unspecified atom stereocenters. The van der Waals surface area contributed by atoms with Crippen LogP contribution in [0.3, 0.4) is 0 Å². The van der Waals surface area contributed by atoms with Crippen molar-refractivity contribution in [3.8, 4) is 11.5 Å². The molecule has 1 heterocycles. The number of anilines is 1. The number of ether oxygens (including phenoxy) is 2. The molecule has 6 heteroatoms. The van der Waals surface area contributed by atoms with Crippen molar-refractivity contribution in [3.63, 3.8) is 0 Å². The van der Waals surface area contributed by atoms with Gasteiger partial charge in [0.1, 0.15) is 0 Å². The lowest BCUT2D eigenvalue weighted by Crippen LogP contribution is -2.36. The molecule has 2 aromatic rings. The van der Waals surface area contributed by atoms with E-state index in [9.17, 15) is 4.79 Å². The number of hydrogen-bond donors (Lipinski definition) is 1. The zero-order chi connectivity index (χ0) is 25.3. The fourth-order valence-electron chi connectivity index (χ4n) is 5.48. The van der Waals surface area contributed by atoms with Crippen LogP contribution in [0.15, 0.2) is 36.4 Å². The Kier molecular flexibility index (Phi) is 9.65. The molecular formula is C30H43N3O3. The molecule has 2 fully saturated rings. The number of para-hydroxylation sites is 1. The average Bonchev–Trinajstić information content (AvgIpc) is 3.30. The van der Waals surface area contributed by atoms with Crippen LogP contribution in [-0.2, 0) is 24.2 Å². The molecular weight excluding hydrogens is 450 g/mol. The number of carbonyl (C=O) groups excluding carboxylic acids is 1. The first-order chi connectivity index (χ1) is 17.6. The number of nitrogens with zero attached hydrogens (tertiary/aromatic N) is 2. The zero-order valence-corrected chi connectivity index (χ0v) is 22.4. The molecule has 0 radical (unpaired) electrons. The van der Waals surface area contributed by atoms with Crippen molar-refractivity contribution in [2.24, 2.45) is 0 Å². The second-order valence-electron chi connectivity index (χ2n) is 10.1. The number of methoxy groups -OCH3 is 1. The highest BCUT2D eigenvalue weighted by Gasteiger charge is 2.21. The smallest absolute Gasteiger partial charge is 0.238 e. The van der Waals surface area contributed by atoms with E-state index in [0.717, 1.165) is 82.0 Å². The van der Waals surface area contributed by atoms with Crippen LogP contribution in [0.5, 0.6) is 11.5 Å². The van der Waals surface area contributed by atoms with Gasteiger partial charge in [-0.3, -0.25) is 14.6 Å². The summed E-state index contributed by atoms with van der Waals surface area (Å²) in [7, 11) is 1.71. The third-order valence-corrected chi connectivity index (χ3v) is 7.54. The van der Waals surface area contributed by atoms with Gasteiger partial charge in [-0.15, -0.1) is 0 Å². The van der Waals surface area contributed by atoms with Crippen molar-refractivity contribution in [3.05, 3.63) is 53.1 Å². The van der Waals surface area contributed by atoms with Gasteiger partial charge in [-0.25, -0.2) is 0 Å². The molecule has 2 aliphatic rings. The second-order valence-corrected chi connectivity index (χ2v) is 10.1. The molecule has 1 saturated heterocycles. The van der Waals surface area contributed by atoms with Crippen LogP contribution >= 0.6 is 0 Å². The van der Waals surface area contributed by atoms with E-state index in [-0.39, 0.29) is 5.91 Å². The Bertz CT molecular complexity index is 981. The van der Waals surface area contributed by atoms with Crippen LogP contribution < -0.4 is 14.8 Å². The third kappa shape index (κ3) is 7.01. The summed E-state index contributed by atoms with van der Waals surface area (Å²) in [4.78, 5) is 17.7. The van der Waals surface area contributed by atoms with E-state index in [1.165, 1.54) is 29.5 Å². The van der Waals surface area contributed by atoms with E-state index in [2.05, 4.69) is 59.3 Å². The number of carbonyl (C=O) groups is 1. The molecule has 1 saturated carbocycles. The van der Waals surface area contributed by atoms with Crippen molar-refractivity contribution < 1.29 is 14.3 Å². The summed E-state index contributed by atoms with van der Waals surface area (Å²) in [6.07, 6.45) is 7.96. The summed E-state index contributed by atoms with van der Waals surface area (Å²) in [5.41, 5.74) is 4.68. The van der Waals surface area contributed by atoms with Gasteiger partial charge < -0.3 is 14.8 Å². The fourth-order valence-corrected chi connectivity index (χ4v) is 5.48. The van der Waals surface area contributed by atoms with Crippen molar-refractivity contribution in [1.29, 1.82) is 0 Å². The quantitative estimate of drug-likeness (QED) is 0.488. The van der Waals surface area contributed by atoms with E-state index in [1.54, 1.807) is 7.11 Å². The van der Waals surface area contributed by atoms with Crippen LogP contribution in [0.2, 0.25) is 0 Å². The Hall–Kier alpha value is -2.57. The largest absolute Gasteiger partial charge is 0.493 e. The van der Waals surface area contributed by atoms with Crippen molar-refractivity contribution >= 4 is 11.6 Å². The molecule has 1 aliphatic heterocycles. The normalized spacial score (nSPS) is 17.6. The van der Waals surface area contributed by atoms with Crippen molar-refractivity contribution in [2.45, 2.75) is 71.4 Å².